The van der Waals surface area contributed by atoms with Gasteiger partial charge in [0.15, 0.2) is 0 Å². The quantitative estimate of drug-likeness (QED) is 0.707. The van der Waals surface area contributed by atoms with Gasteiger partial charge in [0, 0.05) is 10.7 Å². The van der Waals surface area contributed by atoms with Gasteiger partial charge in [0.2, 0.25) is 0 Å². The van der Waals surface area contributed by atoms with Crippen LogP contribution in [0.15, 0.2) is 30.8 Å². The van der Waals surface area contributed by atoms with Crippen LogP contribution in [-0.2, 0) is 20.4 Å². The van der Waals surface area contributed by atoms with Gasteiger partial charge in [-0.05, 0) is 38.5 Å². The zero-order chi connectivity index (χ0) is 20.8. The SMILES string of the molecule is C=C(SC[C@H](NC(=O)OC(C)(C)C)C(=O)OC)c1ccc(C(F)(F)F)cc1. The van der Waals surface area contributed by atoms with Crippen molar-refractivity contribution < 1.29 is 32.2 Å². The van der Waals surface area contributed by atoms with Crippen LogP contribution < -0.4 is 5.32 Å². The van der Waals surface area contributed by atoms with Crippen molar-refractivity contribution in [3.05, 3.63) is 42.0 Å². The number of halogens is 3. The van der Waals surface area contributed by atoms with Gasteiger partial charge < -0.3 is 14.8 Å². The number of esters is 1. The van der Waals surface area contributed by atoms with Gasteiger partial charge in [0.25, 0.3) is 0 Å². The molecule has 0 bridgehead atoms. The fourth-order valence-corrected chi connectivity index (χ4v) is 2.76. The molecule has 1 rings (SSSR count). The average Bonchev–Trinajstić information content (AvgIpc) is 2.55. The van der Waals surface area contributed by atoms with E-state index in [2.05, 4.69) is 16.6 Å². The van der Waals surface area contributed by atoms with Crippen molar-refractivity contribution in [1.29, 1.82) is 0 Å². The van der Waals surface area contributed by atoms with Gasteiger partial charge in [-0.25, -0.2) is 9.59 Å². The highest BCUT2D eigenvalue weighted by Crippen LogP contribution is 2.32. The van der Waals surface area contributed by atoms with E-state index in [1.165, 1.54) is 19.2 Å². The molecule has 0 saturated carbocycles. The van der Waals surface area contributed by atoms with Gasteiger partial charge in [-0.15, -0.1) is 11.8 Å². The lowest BCUT2D eigenvalue weighted by Gasteiger charge is -2.22. The van der Waals surface area contributed by atoms with E-state index in [4.69, 9.17) is 4.74 Å². The molecule has 1 atom stereocenters. The van der Waals surface area contributed by atoms with Crippen molar-refractivity contribution in [2.45, 2.75) is 38.6 Å². The van der Waals surface area contributed by atoms with E-state index < -0.39 is 35.4 Å². The van der Waals surface area contributed by atoms with Gasteiger partial charge in [-0.3, -0.25) is 0 Å². The summed E-state index contributed by atoms with van der Waals surface area (Å²) >= 11 is 1.11. The maximum absolute atomic E-state index is 12.6. The minimum absolute atomic E-state index is 0.0752. The van der Waals surface area contributed by atoms with E-state index in [0.717, 1.165) is 23.9 Å². The fraction of sp³-hybridized carbons (Fsp3) is 0.444. The normalized spacial score (nSPS) is 12.9. The molecule has 1 aromatic carbocycles. The number of methoxy groups -OCH3 is 1. The number of ether oxygens (including phenoxy) is 2. The van der Waals surface area contributed by atoms with E-state index in [0.29, 0.717) is 10.5 Å². The molecular weight excluding hydrogens is 383 g/mol. The number of hydrogen-bond acceptors (Lipinski definition) is 5. The molecular formula is C18H22F3NO4S. The van der Waals surface area contributed by atoms with Gasteiger partial charge in [-0.2, -0.15) is 13.2 Å². The fourth-order valence-electron chi connectivity index (χ4n) is 1.87. The van der Waals surface area contributed by atoms with E-state index in [9.17, 15) is 22.8 Å². The largest absolute Gasteiger partial charge is 0.467 e. The zero-order valence-electron chi connectivity index (χ0n) is 15.5. The smallest absolute Gasteiger partial charge is 0.416 e. The molecule has 1 N–H and O–H groups in total. The highest BCUT2D eigenvalue weighted by molar-refractivity contribution is 8.08. The predicted molar refractivity (Wildman–Crippen MR) is 98.1 cm³/mol. The van der Waals surface area contributed by atoms with Crippen molar-refractivity contribution in [1.82, 2.24) is 5.32 Å². The van der Waals surface area contributed by atoms with Crippen LogP contribution in [-0.4, -0.2) is 36.6 Å². The lowest BCUT2D eigenvalue weighted by Crippen LogP contribution is -2.45. The number of benzene rings is 1. The summed E-state index contributed by atoms with van der Waals surface area (Å²) < 4.78 is 47.6. The Morgan fingerprint density at radius 1 is 1.19 bits per heavy atom. The molecule has 1 aromatic rings. The van der Waals surface area contributed by atoms with Gasteiger partial charge in [0.05, 0.1) is 12.7 Å². The third-order valence-electron chi connectivity index (χ3n) is 3.14. The second kappa shape index (κ2) is 9.16. The van der Waals surface area contributed by atoms with Crippen LogP contribution in [0.4, 0.5) is 18.0 Å². The Balaban J connectivity index is 2.73. The first-order chi connectivity index (χ1) is 12.3. The summed E-state index contributed by atoms with van der Waals surface area (Å²) in [7, 11) is 1.18. The lowest BCUT2D eigenvalue weighted by molar-refractivity contribution is -0.142. The third-order valence-corrected chi connectivity index (χ3v) is 4.22. The molecule has 150 valence electrons. The number of nitrogens with one attached hydrogen (secondary N) is 1. The monoisotopic (exact) mass is 405 g/mol. The van der Waals surface area contributed by atoms with Crippen molar-refractivity contribution in [3.63, 3.8) is 0 Å². The van der Waals surface area contributed by atoms with Crippen molar-refractivity contribution >= 4 is 28.7 Å². The summed E-state index contributed by atoms with van der Waals surface area (Å²) in [5.41, 5.74) is -1.01. The van der Waals surface area contributed by atoms with E-state index >= 15 is 0 Å². The molecule has 0 unspecified atom stereocenters. The van der Waals surface area contributed by atoms with Gasteiger partial charge in [0.1, 0.15) is 11.6 Å². The predicted octanol–water partition coefficient (Wildman–Crippen LogP) is 4.48. The van der Waals surface area contributed by atoms with Gasteiger partial charge in [-0.1, -0.05) is 18.7 Å². The summed E-state index contributed by atoms with van der Waals surface area (Å²) in [6.45, 7) is 8.84. The summed E-state index contributed by atoms with van der Waals surface area (Å²) in [6, 6.07) is 3.51. The summed E-state index contributed by atoms with van der Waals surface area (Å²) in [4.78, 5) is 24.2. The lowest BCUT2D eigenvalue weighted by atomic mass is 10.1. The maximum atomic E-state index is 12.6. The highest BCUT2D eigenvalue weighted by Gasteiger charge is 2.30. The number of hydrogen-bond donors (Lipinski definition) is 1. The summed E-state index contributed by atoms with van der Waals surface area (Å²) in [6.07, 6.45) is -5.20. The second-order valence-electron chi connectivity index (χ2n) is 6.53. The van der Waals surface area contributed by atoms with Gasteiger partial charge >= 0.3 is 18.2 Å². The van der Waals surface area contributed by atoms with Crippen LogP contribution in [0.5, 0.6) is 0 Å². The Morgan fingerprint density at radius 2 is 1.74 bits per heavy atom. The number of carbonyl (C=O) groups excluding carboxylic acids is 2. The van der Waals surface area contributed by atoms with E-state index in [1.807, 2.05) is 0 Å². The molecule has 5 nitrogen and oxygen atoms in total. The number of thioether (sulfide) groups is 1. The Bertz CT molecular complexity index is 681. The van der Waals surface area contributed by atoms with Crippen LogP contribution >= 0.6 is 11.8 Å². The van der Waals surface area contributed by atoms with Crippen LogP contribution in [0.25, 0.3) is 4.91 Å². The number of alkyl carbamates (subject to hydrolysis) is 1. The molecule has 0 aliphatic heterocycles. The molecule has 1 amide bonds. The van der Waals surface area contributed by atoms with Crippen LogP contribution in [0, 0.1) is 0 Å². The molecule has 0 fully saturated rings. The van der Waals surface area contributed by atoms with Crippen LogP contribution in [0.3, 0.4) is 0 Å². The molecule has 0 heterocycles. The van der Waals surface area contributed by atoms with Crippen molar-refractivity contribution in [3.8, 4) is 0 Å². The van der Waals surface area contributed by atoms with Crippen molar-refractivity contribution in [2.24, 2.45) is 0 Å². The Labute approximate surface area is 160 Å². The summed E-state index contributed by atoms with van der Waals surface area (Å²) in [5.74, 6) is -0.597. The Morgan fingerprint density at radius 3 is 2.19 bits per heavy atom. The molecule has 9 heteroatoms. The molecule has 0 radical (unpaired) electrons. The molecule has 0 aliphatic rings. The third kappa shape index (κ3) is 7.94. The first kappa shape index (κ1) is 22.9. The Kier molecular flexibility index (Phi) is 7.77. The number of carbonyl (C=O) groups is 2. The second-order valence-corrected chi connectivity index (χ2v) is 7.65. The van der Waals surface area contributed by atoms with Crippen molar-refractivity contribution in [2.75, 3.05) is 12.9 Å². The number of alkyl halides is 3. The molecule has 27 heavy (non-hydrogen) atoms. The van der Waals surface area contributed by atoms with E-state index in [1.54, 1.807) is 20.8 Å². The molecule has 0 aliphatic carbocycles. The van der Waals surface area contributed by atoms with Crippen LogP contribution in [0.1, 0.15) is 31.9 Å². The number of rotatable bonds is 6. The molecule has 0 saturated heterocycles. The first-order valence-electron chi connectivity index (χ1n) is 7.90. The topological polar surface area (TPSA) is 64.6 Å². The Hall–Kier alpha value is -2.16. The number of amides is 1. The standard InChI is InChI=1S/C18H22F3NO4S/c1-11(12-6-8-13(9-7-12)18(19,20)21)27-10-14(15(23)25-5)22-16(24)26-17(2,3)4/h6-9,14H,1,10H2,2-5H3,(H,22,24)/t14-/m0/s1. The minimum atomic E-state index is -4.42. The average molecular weight is 405 g/mol. The highest BCUT2D eigenvalue weighted by atomic mass is 32.2. The molecule has 0 spiro atoms. The minimum Gasteiger partial charge on any atom is -0.467 e. The van der Waals surface area contributed by atoms with Crippen LogP contribution in [0.2, 0.25) is 0 Å². The first-order valence-corrected chi connectivity index (χ1v) is 8.88. The summed E-state index contributed by atoms with van der Waals surface area (Å²) in [5, 5.41) is 2.41. The molecule has 0 aromatic heterocycles. The maximum Gasteiger partial charge on any atom is 0.416 e. The zero-order valence-corrected chi connectivity index (χ0v) is 16.3. The van der Waals surface area contributed by atoms with E-state index in [-0.39, 0.29) is 5.75 Å².